The molecular formula is C28H31N5O3. The average molecular weight is 486 g/mol. The van der Waals surface area contributed by atoms with Crippen LogP contribution < -0.4 is 15.0 Å². The van der Waals surface area contributed by atoms with Crippen molar-refractivity contribution in [2.24, 2.45) is 5.92 Å². The molecule has 1 unspecified atom stereocenters. The van der Waals surface area contributed by atoms with Crippen LogP contribution in [0.15, 0.2) is 66.9 Å². The predicted octanol–water partition coefficient (Wildman–Crippen LogP) is 3.97. The van der Waals surface area contributed by atoms with Crippen LogP contribution in [0.3, 0.4) is 0 Å². The summed E-state index contributed by atoms with van der Waals surface area (Å²) in [5, 5.41) is 11.1. The van der Waals surface area contributed by atoms with Crippen LogP contribution in [0, 0.1) is 5.92 Å². The molecule has 3 aromatic rings. The highest BCUT2D eigenvalue weighted by Gasteiger charge is 2.29. The van der Waals surface area contributed by atoms with Crippen molar-refractivity contribution in [1.82, 2.24) is 15.1 Å². The van der Waals surface area contributed by atoms with Gasteiger partial charge in [-0.15, -0.1) is 5.10 Å². The van der Waals surface area contributed by atoms with Crippen molar-refractivity contribution in [3.8, 4) is 5.75 Å². The molecule has 8 nitrogen and oxygen atoms in total. The molecular weight excluding hydrogens is 454 g/mol. The number of para-hydroxylation sites is 1. The van der Waals surface area contributed by atoms with Gasteiger partial charge >= 0.3 is 0 Å². The lowest BCUT2D eigenvalue weighted by atomic mass is 9.89. The molecule has 0 spiro atoms. The van der Waals surface area contributed by atoms with Crippen molar-refractivity contribution < 1.29 is 14.3 Å². The number of ether oxygens (including phenoxy) is 1. The van der Waals surface area contributed by atoms with Crippen LogP contribution in [0.25, 0.3) is 0 Å². The fourth-order valence-corrected chi connectivity index (χ4v) is 5.13. The molecule has 2 saturated heterocycles. The van der Waals surface area contributed by atoms with E-state index in [4.69, 9.17) is 4.74 Å². The first-order chi connectivity index (χ1) is 17.6. The van der Waals surface area contributed by atoms with E-state index in [0.717, 1.165) is 37.3 Å². The van der Waals surface area contributed by atoms with Crippen LogP contribution in [-0.2, 0) is 4.79 Å². The number of amides is 2. The van der Waals surface area contributed by atoms with Crippen molar-refractivity contribution >= 4 is 23.3 Å². The highest BCUT2D eigenvalue weighted by Crippen LogP contribution is 2.31. The number of carbonyl (C=O) groups is 2. The van der Waals surface area contributed by atoms with Crippen molar-refractivity contribution in [3.05, 3.63) is 78.0 Å². The molecule has 186 valence electrons. The lowest BCUT2D eigenvalue weighted by Crippen LogP contribution is -2.38. The van der Waals surface area contributed by atoms with Crippen LogP contribution in [0.5, 0.6) is 5.75 Å². The number of nitrogens with zero attached hydrogens (tertiary/aromatic N) is 4. The van der Waals surface area contributed by atoms with Crippen molar-refractivity contribution in [2.75, 3.05) is 43.5 Å². The maximum Gasteiger partial charge on any atom is 0.257 e. The Labute approximate surface area is 211 Å². The highest BCUT2D eigenvalue weighted by molar-refractivity contribution is 5.97. The van der Waals surface area contributed by atoms with Gasteiger partial charge in [0.1, 0.15) is 5.75 Å². The van der Waals surface area contributed by atoms with Crippen molar-refractivity contribution in [2.45, 2.75) is 25.2 Å². The molecule has 1 N–H and O–H groups in total. The highest BCUT2D eigenvalue weighted by atomic mass is 16.5. The number of hydrogen-bond acceptors (Lipinski definition) is 6. The monoisotopic (exact) mass is 485 g/mol. The first-order valence-corrected chi connectivity index (χ1v) is 12.5. The Balaban J connectivity index is 1.13. The van der Waals surface area contributed by atoms with Crippen molar-refractivity contribution in [3.63, 3.8) is 0 Å². The predicted molar refractivity (Wildman–Crippen MR) is 138 cm³/mol. The Kier molecular flexibility index (Phi) is 7.11. The zero-order chi connectivity index (χ0) is 24.9. The zero-order valence-electron chi connectivity index (χ0n) is 20.5. The summed E-state index contributed by atoms with van der Waals surface area (Å²) < 4.78 is 5.36. The summed E-state index contributed by atoms with van der Waals surface area (Å²) in [6, 6.07) is 19.3. The SMILES string of the molecule is COc1ccccc1C(=O)N1CCC(c2ccc(NC(=O)C3CCN(c4cccnn4)C3)cc2)CC1. The second-order valence-electron chi connectivity index (χ2n) is 9.39. The number of piperidine rings is 1. The number of hydrogen-bond donors (Lipinski definition) is 1. The topological polar surface area (TPSA) is 87.7 Å². The summed E-state index contributed by atoms with van der Waals surface area (Å²) in [6.07, 6.45) is 4.27. The first-order valence-electron chi connectivity index (χ1n) is 12.5. The van der Waals surface area contributed by atoms with Gasteiger partial charge in [-0.2, -0.15) is 5.10 Å². The molecule has 1 aromatic heterocycles. The molecule has 2 fully saturated rings. The van der Waals surface area contributed by atoms with E-state index in [2.05, 4.69) is 32.5 Å². The number of methoxy groups -OCH3 is 1. The van der Waals surface area contributed by atoms with E-state index in [1.54, 1.807) is 13.3 Å². The number of carbonyl (C=O) groups excluding carboxylic acids is 2. The van der Waals surface area contributed by atoms with E-state index in [9.17, 15) is 9.59 Å². The molecule has 5 rings (SSSR count). The van der Waals surface area contributed by atoms with Gasteiger partial charge < -0.3 is 19.9 Å². The minimum Gasteiger partial charge on any atom is -0.496 e. The maximum atomic E-state index is 13.0. The Morgan fingerprint density at radius 2 is 1.72 bits per heavy atom. The Hall–Kier alpha value is -3.94. The van der Waals surface area contributed by atoms with Gasteiger partial charge in [0.2, 0.25) is 5.91 Å². The van der Waals surface area contributed by atoms with E-state index in [-0.39, 0.29) is 17.7 Å². The minimum atomic E-state index is -0.0724. The molecule has 3 heterocycles. The summed E-state index contributed by atoms with van der Waals surface area (Å²) in [4.78, 5) is 29.8. The number of rotatable bonds is 6. The van der Waals surface area contributed by atoms with E-state index < -0.39 is 0 Å². The third-order valence-corrected chi connectivity index (χ3v) is 7.21. The Morgan fingerprint density at radius 3 is 2.44 bits per heavy atom. The van der Waals surface area contributed by atoms with Gasteiger partial charge in [0.05, 0.1) is 18.6 Å². The summed E-state index contributed by atoms with van der Waals surface area (Å²) in [6.45, 7) is 2.87. The molecule has 0 bridgehead atoms. The van der Waals surface area contributed by atoms with E-state index >= 15 is 0 Å². The number of benzene rings is 2. The Morgan fingerprint density at radius 1 is 0.944 bits per heavy atom. The Bertz CT molecular complexity index is 1190. The molecule has 8 heteroatoms. The third-order valence-electron chi connectivity index (χ3n) is 7.21. The fraction of sp³-hybridized carbons (Fsp3) is 0.357. The largest absolute Gasteiger partial charge is 0.496 e. The minimum absolute atomic E-state index is 0.0220. The van der Waals surface area contributed by atoms with Gasteiger partial charge in [-0.05, 0) is 67.1 Å². The number of nitrogens with one attached hydrogen (secondary N) is 1. The summed E-state index contributed by atoms with van der Waals surface area (Å²) in [5.41, 5.74) is 2.66. The number of aromatic nitrogens is 2. The van der Waals surface area contributed by atoms with Gasteiger partial charge in [0.15, 0.2) is 5.82 Å². The van der Waals surface area contributed by atoms with Gasteiger partial charge in [-0.1, -0.05) is 24.3 Å². The smallest absolute Gasteiger partial charge is 0.257 e. The lowest BCUT2D eigenvalue weighted by molar-refractivity contribution is -0.119. The third kappa shape index (κ3) is 5.17. The molecule has 2 aromatic carbocycles. The van der Waals surface area contributed by atoms with E-state index in [1.165, 1.54) is 5.56 Å². The molecule has 1 atom stereocenters. The van der Waals surface area contributed by atoms with Crippen molar-refractivity contribution in [1.29, 1.82) is 0 Å². The van der Waals surface area contributed by atoms with E-state index in [1.807, 2.05) is 53.4 Å². The molecule has 2 aliphatic rings. The van der Waals surface area contributed by atoms with E-state index in [0.29, 0.717) is 36.9 Å². The zero-order valence-corrected chi connectivity index (χ0v) is 20.5. The van der Waals surface area contributed by atoms with Crippen LogP contribution in [0.4, 0.5) is 11.5 Å². The second-order valence-corrected chi connectivity index (χ2v) is 9.39. The summed E-state index contributed by atoms with van der Waals surface area (Å²) >= 11 is 0. The van der Waals surface area contributed by atoms with Crippen LogP contribution >= 0.6 is 0 Å². The second kappa shape index (κ2) is 10.8. The molecule has 2 aliphatic heterocycles. The van der Waals surface area contributed by atoms with Gasteiger partial charge in [-0.3, -0.25) is 9.59 Å². The van der Waals surface area contributed by atoms with Crippen LogP contribution in [0.2, 0.25) is 0 Å². The summed E-state index contributed by atoms with van der Waals surface area (Å²) in [7, 11) is 1.59. The quantitative estimate of drug-likeness (QED) is 0.569. The normalized spacial score (nSPS) is 18.2. The first kappa shape index (κ1) is 23.8. The van der Waals surface area contributed by atoms with Gasteiger partial charge in [0.25, 0.3) is 5.91 Å². The lowest BCUT2D eigenvalue weighted by Gasteiger charge is -2.32. The molecule has 36 heavy (non-hydrogen) atoms. The fourth-order valence-electron chi connectivity index (χ4n) is 5.13. The van der Waals surface area contributed by atoms with Crippen LogP contribution in [-0.4, -0.2) is 60.2 Å². The van der Waals surface area contributed by atoms with Crippen LogP contribution in [0.1, 0.15) is 41.1 Å². The molecule has 2 amide bonds. The number of anilines is 2. The summed E-state index contributed by atoms with van der Waals surface area (Å²) in [5.74, 6) is 1.81. The number of likely N-dealkylation sites (tertiary alicyclic amines) is 1. The van der Waals surface area contributed by atoms with Gasteiger partial charge in [-0.25, -0.2) is 0 Å². The molecule has 0 saturated carbocycles. The molecule has 0 radical (unpaired) electrons. The average Bonchev–Trinajstić information content (AvgIpc) is 3.44. The molecule has 0 aliphatic carbocycles. The standard InChI is InChI=1S/C28H31N5O3/c1-36-25-6-3-2-5-24(25)28(35)32-16-12-21(13-17-32)20-8-10-23(11-9-20)30-27(34)22-14-18-33(19-22)26-7-4-15-29-31-26/h2-11,15,21-22H,12-14,16-19H2,1H3,(H,30,34). The van der Waals surface area contributed by atoms with Gasteiger partial charge in [0, 0.05) is 38.1 Å². The maximum absolute atomic E-state index is 13.0.